The number of rotatable bonds is 5. The molecule has 0 unspecified atom stereocenters. The molecule has 4 rings (SSSR count). The summed E-state index contributed by atoms with van der Waals surface area (Å²) >= 11 is 0. The van der Waals surface area contributed by atoms with Gasteiger partial charge in [0, 0.05) is 28.5 Å². The van der Waals surface area contributed by atoms with E-state index in [2.05, 4.69) is 10.4 Å². The van der Waals surface area contributed by atoms with Crippen LogP contribution in [0.3, 0.4) is 0 Å². The van der Waals surface area contributed by atoms with Gasteiger partial charge in [-0.3, -0.25) is 4.79 Å². The molecule has 0 spiro atoms. The first-order chi connectivity index (χ1) is 13.9. The van der Waals surface area contributed by atoms with Crippen molar-refractivity contribution in [2.45, 2.75) is 20.4 Å². The number of ether oxygens (including phenoxy) is 1. The lowest BCUT2D eigenvalue weighted by molar-refractivity contribution is -0.116. The van der Waals surface area contributed by atoms with E-state index in [1.54, 1.807) is 23.9 Å². The summed E-state index contributed by atoms with van der Waals surface area (Å²) in [6, 6.07) is 14.1. The number of amides is 1. The summed E-state index contributed by atoms with van der Waals surface area (Å²) in [7, 11) is 1.62. The zero-order valence-electron chi connectivity index (χ0n) is 16.4. The molecule has 0 atom stereocenters. The highest BCUT2D eigenvalue weighted by Gasteiger charge is 2.12. The number of benzene rings is 2. The van der Waals surface area contributed by atoms with Crippen molar-refractivity contribution in [3.8, 4) is 11.4 Å². The first-order valence-corrected chi connectivity index (χ1v) is 9.20. The minimum Gasteiger partial charge on any atom is -0.497 e. The van der Waals surface area contributed by atoms with Crippen molar-refractivity contribution in [1.82, 2.24) is 14.3 Å². The van der Waals surface area contributed by atoms with Crippen LogP contribution in [0.2, 0.25) is 0 Å². The second-order valence-electron chi connectivity index (χ2n) is 6.92. The number of aromatic nitrogens is 3. The highest BCUT2D eigenvalue weighted by atomic mass is 19.1. The Balaban J connectivity index is 1.50. The van der Waals surface area contributed by atoms with Crippen LogP contribution in [-0.2, 0) is 11.3 Å². The van der Waals surface area contributed by atoms with Crippen molar-refractivity contribution < 1.29 is 13.9 Å². The number of carbonyl (C=O) groups is 1. The topological polar surface area (TPSA) is 61.1 Å². The Morgan fingerprint density at radius 2 is 1.97 bits per heavy atom. The second kappa shape index (κ2) is 7.43. The van der Waals surface area contributed by atoms with E-state index in [1.165, 1.54) is 6.07 Å². The van der Waals surface area contributed by atoms with Crippen molar-refractivity contribution in [1.29, 1.82) is 0 Å². The van der Waals surface area contributed by atoms with Crippen LogP contribution in [0.5, 0.6) is 5.75 Å². The Labute approximate surface area is 167 Å². The van der Waals surface area contributed by atoms with Gasteiger partial charge >= 0.3 is 0 Å². The zero-order valence-corrected chi connectivity index (χ0v) is 16.4. The summed E-state index contributed by atoms with van der Waals surface area (Å²) < 4.78 is 23.2. The average molecular weight is 392 g/mol. The molecule has 7 heteroatoms. The summed E-state index contributed by atoms with van der Waals surface area (Å²) in [5.74, 6) is 0.0713. The Morgan fingerprint density at radius 3 is 2.66 bits per heavy atom. The van der Waals surface area contributed by atoms with Gasteiger partial charge < -0.3 is 14.6 Å². The lowest BCUT2D eigenvalue weighted by atomic mass is 10.2. The maximum Gasteiger partial charge on any atom is 0.244 e. The molecular weight excluding hydrogens is 371 g/mol. The third-order valence-corrected chi connectivity index (χ3v) is 4.76. The molecule has 2 aromatic heterocycles. The van der Waals surface area contributed by atoms with Gasteiger partial charge in [-0.05, 0) is 62.4 Å². The van der Waals surface area contributed by atoms with Gasteiger partial charge in [0.2, 0.25) is 5.91 Å². The molecule has 0 aliphatic heterocycles. The molecule has 0 aliphatic rings. The minimum absolute atomic E-state index is 0.122. The summed E-state index contributed by atoms with van der Waals surface area (Å²) in [5.41, 5.74) is 3.33. The SMILES string of the molecule is COc1ccc2c(ccn2CC(=O)Nc2ccc(-n3nc(C)cc3C)c(F)c2)c1. The van der Waals surface area contributed by atoms with E-state index in [0.29, 0.717) is 11.4 Å². The first kappa shape index (κ1) is 18.7. The van der Waals surface area contributed by atoms with Crippen LogP contribution >= 0.6 is 0 Å². The van der Waals surface area contributed by atoms with E-state index in [-0.39, 0.29) is 12.5 Å². The molecule has 2 aromatic carbocycles. The van der Waals surface area contributed by atoms with E-state index in [9.17, 15) is 9.18 Å². The van der Waals surface area contributed by atoms with E-state index >= 15 is 0 Å². The maximum absolute atomic E-state index is 14.6. The molecule has 0 saturated carbocycles. The lowest BCUT2D eigenvalue weighted by Crippen LogP contribution is -2.18. The molecule has 2 heterocycles. The summed E-state index contributed by atoms with van der Waals surface area (Å²) in [6.07, 6.45) is 1.84. The molecule has 0 fully saturated rings. The zero-order chi connectivity index (χ0) is 20.5. The molecule has 0 radical (unpaired) electrons. The largest absolute Gasteiger partial charge is 0.497 e. The van der Waals surface area contributed by atoms with Crippen LogP contribution in [0.15, 0.2) is 54.7 Å². The lowest BCUT2D eigenvalue weighted by Gasteiger charge is -2.10. The minimum atomic E-state index is -0.451. The van der Waals surface area contributed by atoms with Gasteiger partial charge in [-0.2, -0.15) is 5.10 Å². The number of halogens is 1. The number of aryl methyl sites for hydroxylation is 2. The van der Waals surface area contributed by atoms with Crippen LogP contribution in [0, 0.1) is 19.7 Å². The van der Waals surface area contributed by atoms with Crippen LogP contribution < -0.4 is 10.1 Å². The number of methoxy groups -OCH3 is 1. The van der Waals surface area contributed by atoms with Crippen molar-refractivity contribution in [2.24, 2.45) is 0 Å². The number of carbonyl (C=O) groups excluding carboxylic acids is 1. The second-order valence-corrected chi connectivity index (χ2v) is 6.92. The highest BCUT2D eigenvalue weighted by molar-refractivity contribution is 5.92. The van der Waals surface area contributed by atoms with Crippen molar-refractivity contribution in [3.63, 3.8) is 0 Å². The number of hydrogen-bond acceptors (Lipinski definition) is 3. The van der Waals surface area contributed by atoms with Gasteiger partial charge in [-0.1, -0.05) is 0 Å². The van der Waals surface area contributed by atoms with Crippen molar-refractivity contribution in [2.75, 3.05) is 12.4 Å². The smallest absolute Gasteiger partial charge is 0.244 e. The fourth-order valence-electron chi connectivity index (χ4n) is 3.43. The molecule has 4 aromatic rings. The Bertz CT molecular complexity index is 1210. The first-order valence-electron chi connectivity index (χ1n) is 9.20. The Hall–Kier alpha value is -3.61. The predicted molar refractivity (Wildman–Crippen MR) is 110 cm³/mol. The molecule has 1 amide bonds. The van der Waals surface area contributed by atoms with Gasteiger partial charge in [0.1, 0.15) is 18.0 Å². The molecule has 1 N–H and O–H groups in total. The van der Waals surface area contributed by atoms with Gasteiger partial charge in [0.15, 0.2) is 5.82 Å². The summed E-state index contributed by atoms with van der Waals surface area (Å²) in [4.78, 5) is 12.5. The molecule has 29 heavy (non-hydrogen) atoms. The summed E-state index contributed by atoms with van der Waals surface area (Å²) in [5, 5.41) is 8.04. The monoisotopic (exact) mass is 392 g/mol. The van der Waals surface area contributed by atoms with Crippen LogP contribution in [0.25, 0.3) is 16.6 Å². The molecular formula is C22H21FN4O2. The van der Waals surface area contributed by atoms with Crippen LogP contribution in [0.4, 0.5) is 10.1 Å². The van der Waals surface area contributed by atoms with Gasteiger partial charge in [-0.15, -0.1) is 0 Å². The third-order valence-electron chi connectivity index (χ3n) is 4.76. The maximum atomic E-state index is 14.6. The molecule has 0 bridgehead atoms. The van der Waals surface area contributed by atoms with Crippen molar-refractivity contribution >= 4 is 22.5 Å². The average Bonchev–Trinajstić information content (AvgIpc) is 3.23. The fraction of sp³-hybridized carbons (Fsp3) is 0.182. The molecule has 148 valence electrons. The van der Waals surface area contributed by atoms with E-state index < -0.39 is 5.82 Å². The number of fused-ring (bicyclic) bond motifs is 1. The van der Waals surface area contributed by atoms with Crippen LogP contribution in [-0.4, -0.2) is 27.4 Å². The highest BCUT2D eigenvalue weighted by Crippen LogP contribution is 2.23. The molecule has 6 nitrogen and oxygen atoms in total. The fourth-order valence-corrected chi connectivity index (χ4v) is 3.43. The van der Waals surface area contributed by atoms with Gasteiger partial charge in [-0.25, -0.2) is 9.07 Å². The molecule has 0 saturated heterocycles. The van der Waals surface area contributed by atoms with E-state index in [0.717, 1.165) is 28.0 Å². The quantitative estimate of drug-likeness (QED) is 0.553. The number of anilines is 1. The van der Waals surface area contributed by atoms with E-state index in [1.807, 2.05) is 54.9 Å². The Morgan fingerprint density at radius 1 is 1.14 bits per heavy atom. The van der Waals surface area contributed by atoms with E-state index in [4.69, 9.17) is 4.74 Å². The van der Waals surface area contributed by atoms with Crippen molar-refractivity contribution in [3.05, 3.63) is 71.9 Å². The summed E-state index contributed by atoms with van der Waals surface area (Å²) in [6.45, 7) is 3.85. The standard InChI is InChI=1S/C22H21FN4O2/c1-14-10-15(2)27(25-14)21-6-4-17(12-19(21)23)24-22(28)13-26-9-8-16-11-18(29-3)5-7-20(16)26/h4-12H,13H2,1-3H3,(H,24,28). The number of hydrogen-bond donors (Lipinski definition) is 1. The molecule has 0 aliphatic carbocycles. The normalized spacial score (nSPS) is 11.0. The number of nitrogens with zero attached hydrogens (tertiary/aromatic N) is 3. The Kier molecular flexibility index (Phi) is 4.80. The van der Waals surface area contributed by atoms with Gasteiger partial charge in [0.05, 0.1) is 12.8 Å². The predicted octanol–water partition coefficient (Wildman–Crippen LogP) is 4.23. The third kappa shape index (κ3) is 3.71. The van der Waals surface area contributed by atoms with Crippen LogP contribution in [0.1, 0.15) is 11.4 Å². The van der Waals surface area contributed by atoms with Gasteiger partial charge in [0.25, 0.3) is 0 Å². The number of nitrogens with one attached hydrogen (secondary N) is 1.